The maximum absolute atomic E-state index is 6.19. The Hall–Kier alpha value is -2.30. The lowest BCUT2D eigenvalue weighted by Gasteiger charge is -2.30. The van der Waals surface area contributed by atoms with E-state index in [4.69, 9.17) is 5.73 Å². The molecule has 0 radical (unpaired) electrons. The van der Waals surface area contributed by atoms with Gasteiger partial charge < -0.3 is 16.0 Å². The first kappa shape index (κ1) is 12.7. The molecule has 1 aliphatic heterocycles. The highest BCUT2D eigenvalue weighted by Crippen LogP contribution is 2.30. The van der Waals surface area contributed by atoms with E-state index in [9.17, 15) is 0 Å². The number of nitrogens with one attached hydrogen (secondary N) is 1. The van der Waals surface area contributed by atoms with E-state index >= 15 is 0 Å². The predicted molar refractivity (Wildman–Crippen MR) is 81.8 cm³/mol. The van der Waals surface area contributed by atoms with Gasteiger partial charge in [-0.25, -0.2) is 9.97 Å². The molecule has 0 amide bonds. The summed E-state index contributed by atoms with van der Waals surface area (Å²) in [7, 11) is 0. The smallest absolute Gasteiger partial charge is 0.157 e. The van der Waals surface area contributed by atoms with E-state index in [1.165, 1.54) is 11.1 Å². The van der Waals surface area contributed by atoms with Crippen LogP contribution in [0.4, 0.5) is 17.3 Å². The largest absolute Gasteiger partial charge is 0.393 e. The minimum atomic E-state index is 0.633. The molecule has 3 rings (SSSR count). The average molecular weight is 269 g/mol. The SMILES string of the molecule is CCNc1ncnc(N2CCc3ccccc3C2)c1N. The van der Waals surface area contributed by atoms with Crippen LogP contribution in [0.25, 0.3) is 0 Å². The molecule has 2 aromatic rings. The summed E-state index contributed by atoms with van der Waals surface area (Å²) in [4.78, 5) is 10.8. The molecule has 104 valence electrons. The van der Waals surface area contributed by atoms with Crippen molar-refractivity contribution in [1.29, 1.82) is 0 Å². The maximum atomic E-state index is 6.19. The minimum absolute atomic E-state index is 0.633. The Morgan fingerprint density at radius 1 is 1.25 bits per heavy atom. The molecule has 0 unspecified atom stereocenters. The molecule has 0 saturated heterocycles. The molecule has 1 aliphatic rings. The van der Waals surface area contributed by atoms with Crippen molar-refractivity contribution in [1.82, 2.24) is 9.97 Å². The fourth-order valence-corrected chi connectivity index (χ4v) is 2.62. The van der Waals surface area contributed by atoms with Crippen molar-refractivity contribution >= 4 is 17.3 Å². The molecular formula is C15H19N5. The number of benzene rings is 1. The van der Waals surface area contributed by atoms with Gasteiger partial charge in [0.2, 0.25) is 0 Å². The molecule has 20 heavy (non-hydrogen) atoms. The number of rotatable bonds is 3. The zero-order valence-corrected chi connectivity index (χ0v) is 11.6. The van der Waals surface area contributed by atoms with Gasteiger partial charge in [0.05, 0.1) is 0 Å². The maximum Gasteiger partial charge on any atom is 0.157 e. The van der Waals surface area contributed by atoms with Gasteiger partial charge in [-0.3, -0.25) is 0 Å². The highest BCUT2D eigenvalue weighted by Gasteiger charge is 2.20. The van der Waals surface area contributed by atoms with Gasteiger partial charge in [-0.1, -0.05) is 24.3 Å². The van der Waals surface area contributed by atoms with Crippen molar-refractivity contribution in [3.8, 4) is 0 Å². The van der Waals surface area contributed by atoms with Crippen LogP contribution in [-0.4, -0.2) is 23.1 Å². The Morgan fingerprint density at radius 2 is 2.05 bits per heavy atom. The van der Waals surface area contributed by atoms with Gasteiger partial charge >= 0.3 is 0 Å². The van der Waals surface area contributed by atoms with Crippen LogP contribution in [0.5, 0.6) is 0 Å². The average Bonchev–Trinajstić information content (AvgIpc) is 2.49. The monoisotopic (exact) mass is 269 g/mol. The minimum Gasteiger partial charge on any atom is -0.393 e. The van der Waals surface area contributed by atoms with Crippen LogP contribution in [0.15, 0.2) is 30.6 Å². The summed E-state index contributed by atoms with van der Waals surface area (Å²) in [6.45, 7) is 4.61. The number of nitrogen functional groups attached to an aromatic ring is 1. The molecule has 0 atom stereocenters. The Kier molecular flexibility index (Phi) is 3.41. The zero-order valence-electron chi connectivity index (χ0n) is 11.6. The summed E-state index contributed by atoms with van der Waals surface area (Å²) < 4.78 is 0. The zero-order chi connectivity index (χ0) is 13.9. The highest BCUT2D eigenvalue weighted by atomic mass is 15.2. The van der Waals surface area contributed by atoms with Crippen molar-refractivity contribution < 1.29 is 0 Å². The number of anilines is 3. The van der Waals surface area contributed by atoms with E-state index < -0.39 is 0 Å². The Bertz CT molecular complexity index is 611. The molecule has 1 aromatic carbocycles. The van der Waals surface area contributed by atoms with Gasteiger partial charge in [-0.2, -0.15) is 0 Å². The van der Waals surface area contributed by atoms with E-state index in [1.807, 2.05) is 6.92 Å². The molecule has 0 aliphatic carbocycles. The number of hydrogen-bond acceptors (Lipinski definition) is 5. The van der Waals surface area contributed by atoms with E-state index in [-0.39, 0.29) is 0 Å². The molecule has 5 heteroatoms. The molecule has 1 aromatic heterocycles. The van der Waals surface area contributed by atoms with E-state index in [2.05, 4.69) is 44.5 Å². The standard InChI is InChI=1S/C15H19N5/c1-2-17-14-13(16)15(19-10-18-14)20-8-7-11-5-3-4-6-12(11)9-20/h3-6,10H,2,7-9,16H2,1H3,(H,17,18,19). The van der Waals surface area contributed by atoms with Crippen LogP contribution in [0.2, 0.25) is 0 Å². The normalized spacial score (nSPS) is 13.9. The van der Waals surface area contributed by atoms with Crippen LogP contribution in [0.1, 0.15) is 18.1 Å². The fraction of sp³-hybridized carbons (Fsp3) is 0.333. The van der Waals surface area contributed by atoms with Crippen molar-refractivity contribution in [3.63, 3.8) is 0 Å². The third-order valence-electron chi connectivity index (χ3n) is 3.64. The van der Waals surface area contributed by atoms with E-state index in [1.54, 1.807) is 6.33 Å². The lowest BCUT2D eigenvalue weighted by molar-refractivity contribution is 0.721. The molecule has 0 bridgehead atoms. The Labute approximate surface area is 118 Å². The highest BCUT2D eigenvalue weighted by molar-refractivity contribution is 5.75. The summed E-state index contributed by atoms with van der Waals surface area (Å²) in [5.41, 5.74) is 9.59. The topological polar surface area (TPSA) is 67.1 Å². The van der Waals surface area contributed by atoms with Gasteiger partial charge in [0.1, 0.15) is 12.0 Å². The van der Waals surface area contributed by atoms with Gasteiger partial charge in [0.25, 0.3) is 0 Å². The van der Waals surface area contributed by atoms with E-state index in [0.717, 1.165) is 37.7 Å². The first-order chi connectivity index (χ1) is 9.79. The second kappa shape index (κ2) is 5.36. The van der Waals surface area contributed by atoms with Gasteiger partial charge in [-0.05, 0) is 24.5 Å². The molecule has 5 nitrogen and oxygen atoms in total. The quantitative estimate of drug-likeness (QED) is 0.892. The van der Waals surface area contributed by atoms with Crippen LogP contribution in [-0.2, 0) is 13.0 Å². The summed E-state index contributed by atoms with van der Waals surface area (Å²) >= 11 is 0. The Morgan fingerprint density at radius 3 is 2.85 bits per heavy atom. The Balaban J connectivity index is 1.90. The van der Waals surface area contributed by atoms with Crippen LogP contribution in [0, 0.1) is 0 Å². The first-order valence-corrected chi connectivity index (χ1v) is 6.95. The first-order valence-electron chi connectivity index (χ1n) is 6.95. The van der Waals surface area contributed by atoms with Gasteiger partial charge in [-0.15, -0.1) is 0 Å². The number of hydrogen-bond donors (Lipinski definition) is 2. The number of nitrogens with two attached hydrogens (primary N) is 1. The molecule has 2 heterocycles. The number of aromatic nitrogens is 2. The summed E-state index contributed by atoms with van der Waals surface area (Å²) in [6.07, 6.45) is 2.60. The van der Waals surface area contributed by atoms with Crippen molar-refractivity contribution in [2.75, 3.05) is 29.0 Å². The third-order valence-corrected chi connectivity index (χ3v) is 3.64. The van der Waals surface area contributed by atoms with Crippen LogP contribution >= 0.6 is 0 Å². The lowest BCUT2D eigenvalue weighted by Crippen LogP contribution is -2.31. The van der Waals surface area contributed by atoms with E-state index in [0.29, 0.717) is 5.69 Å². The van der Waals surface area contributed by atoms with Gasteiger partial charge in [0, 0.05) is 19.6 Å². The van der Waals surface area contributed by atoms with Crippen LogP contribution < -0.4 is 16.0 Å². The second-order valence-electron chi connectivity index (χ2n) is 4.93. The van der Waals surface area contributed by atoms with Gasteiger partial charge in [0.15, 0.2) is 11.6 Å². The second-order valence-corrected chi connectivity index (χ2v) is 4.93. The molecule has 0 saturated carbocycles. The lowest BCUT2D eigenvalue weighted by atomic mass is 10.00. The molecule has 0 spiro atoms. The van der Waals surface area contributed by atoms with Crippen molar-refractivity contribution in [2.45, 2.75) is 19.9 Å². The third kappa shape index (κ3) is 2.27. The number of fused-ring (bicyclic) bond motifs is 1. The predicted octanol–water partition coefficient (Wildman–Crippen LogP) is 2.05. The fourth-order valence-electron chi connectivity index (χ4n) is 2.62. The summed E-state index contributed by atoms with van der Waals surface area (Å²) in [6, 6.07) is 8.54. The molecule has 0 fully saturated rings. The van der Waals surface area contributed by atoms with Crippen molar-refractivity contribution in [3.05, 3.63) is 41.7 Å². The molecule has 3 N–H and O–H groups in total. The summed E-state index contributed by atoms with van der Waals surface area (Å²) in [5.74, 6) is 1.54. The number of nitrogens with zero attached hydrogens (tertiary/aromatic N) is 3. The molecular weight excluding hydrogens is 250 g/mol. The summed E-state index contributed by atoms with van der Waals surface area (Å²) in [5, 5.41) is 3.17. The van der Waals surface area contributed by atoms with Crippen LogP contribution in [0.3, 0.4) is 0 Å². The van der Waals surface area contributed by atoms with Crippen molar-refractivity contribution in [2.24, 2.45) is 0 Å².